The molecule has 0 aliphatic carbocycles. The van der Waals surface area contributed by atoms with Crippen LogP contribution >= 0.6 is 34.5 Å². The smallest absolute Gasteiger partial charge is 0.350 e. The van der Waals surface area contributed by atoms with Crippen LogP contribution in [0.3, 0.4) is 0 Å². The van der Waals surface area contributed by atoms with E-state index in [-0.39, 0.29) is 19.1 Å². The van der Waals surface area contributed by atoms with E-state index in [0.717, 1.165) is 21.1 Å². The molecule has 6 nitrogen and oxygen atoms in total. The van der Waals surface area contributed by atoms with Crippen molar-refractivity contribution < 1.29 is 24.0 Å². The quantitative estimate of drug-likeness (QED) is 0.398. The first-order valence-corrected chi connectivity index (χ1v) is 12.0. The molecule has 1 amide bonds. The minimum atomic E-state index is -0.494. The zero-order valence-corrected chi connectivity index (χ0v) is 20.7. The predicted octanol–water partition coefficient (Wildman–Crippen LogP) is 4.43. The number of esters is 1. The summed E-state index contributed by atoms with van der Waals surface area (Å²) >= 11 is 13.5. The zero-order chi connectivity index (χ0) is 23.8. The number of para-hydroxylation sites is 1. The van der Waals surface area contributed by atoms with E-state index in [1.807, 2.05) is 37.4 Å². The average Bonchev–Trinajstić information content (AvgIpc) is 3.18. The van der Waals surface area contributed by atoms with Gasteiger partial charge in [-0.25, -0.2) is 4.79 Å². The fraction of sp³-hybridized carbons (Fsp3) is 0.250. The zero-order valence-electron chi connectivity index (χ0n) is 18.3. The number of hydrogen-bond donors (Lipinski definition) is 2. The van der Waals surface area contributed by atoms with Gasteiger partial charge in [0.1, 0.15) is 23.8 Å². The predicted molar refractivity (Wildman–Crippen MR) is 133 cm³/mol. The molecule has 0 aliphatic heterocycles. The Kier molecular flexibility index (Phi) is 9.14. The average molecular weight is 508 g/mol. The Balaban J connectivity index is 1.67. The molecule has 1 atom stereocenters. The molecule has 0 radical (unpaired) electrons. The number of likely N-dealkylation sites (N-methyl/N-ethyl adjacent to an activating group) is 1. The van der Waals surface area contributed by atoms with Gasteiger partial charge in [0.25, 0.3) is 5.91 Å². The lowest BCUT2D eigenvalue weighted by atomic mass is 10.2. The van der Waals surface area contributed by atoms with Crippen LogP contribution in [0.4, 0.5) is 5.69 Å². The molecule has 0 saturated heterocycles. The summed E-state index contributed by atoms with van der Waals surface area (Å²) < 4.78 is 10.9. The monoisotopic (exact) mass is 507 g/mol. The summed E-state index contributed by atoms with van der Waals surface area (Å²) in [5.41, 5.74) is 1.12. The Morgan fingerprint density at radius 2 is 1.85 bits per heavy atom. The second-order valence-corrected chi connectivity index (χ2v) is 9.19. The van der Waals surface area contributed by atoms with Crippen molar-refractivity contribution in [2.24, 2.45) is 0 Å². The molecule has 1 unspecified atom stereocenters. The third kappa shape index (κ3) is 7.20. The summed E-state index contributed by atoms with van der Waals surface area (Å²) in [6.07, 6.45) is 0. The standard InChI is InChI=1S/C24H24Cl2N2O4S/c1-3-31-24(30)23-20(14-21(33-23)18-10-9-16(25)13-19(18)26)27-22(29)15-28(2)11-12-32-17-7-5-4-6-8-17/h4-10,13-14H,3,11-12,15H2,1-2H3,(H,27,29)/p+1. The fourth-order valence-corrected chi connectivity index (χ4v) is 4.68. The summed E-state index contributed by atoms with van der Waals surface area (Å²) in [4.78, 5) is 27.2. The van der Waals surface area contributed by atoms with Crippen LogP contribution in [0, 0.1) is 0 Å². The minimum absolute atomic E-state index is 0.216. The van der Waals surface area contributed by atoms with Gasteiger partial charge >= 0.3 is 5.97 Å². The number of thiophene rings is 1. The van der Waals surface area contributed by atoms with Crippen LogP contribution in [0.5, 0.6) is 5.75 Å². The number of carbonyl (C=O) groups is 2. The summed E-state index contributed by atoms with van der Waals surface area (Å²) in [5.74, 6) is 0.0795. The molecule has 3 aromatic rings. The summed E-state index contributed by atoms with van der Waals surface area (Å²) in [7, 11) is 1.91. The van der Waals surface area contributed by atoms with Gasteiger partial charge in [0.2, 0.25) is 0 Å². The highest BCUT2D eigenvalue weighted by atomic mass is 35.5. The number of benzene rings is 2. The van der Waals surface area contributed by atoms with Crippen molar-refractivity contribution in [1.29, 1.82) is 0 Å². The van der Waals surface area contributed by atoms with Crippen LogP contribution in [0.1, 0.15) is 16.6 Å². The van der Waals surface area contributed by atoms with Gasteiger partial charge in [0.05, 0.1) is 24.4 Å². The van der Waals surface area contributed by atoms with Crippen molar-refractivity contribution in [3.8, 4) is 16.2 Å². The number of ether oxygens (including phenoxy) is 2. The number of amides is 1. The third-order valence-electron chi connectivity index (χ3n) is 4.67. The van der Waals surface area contributed by atoms with Crippen molar-refractivity contribution in [3.05, 3.63) is 69.5 Å². The number of halogens is 2. The molecular weight excluding hydrogens is 483 g/mol. The molecule has 2 aromatic carbocycles. The molecule has 0 fully saturated rings. The van der Waals surface area contributed by atoms with Crippen LogP contribution in [0.15, 0.2) is 54.6 Å². The van der Waals surface area contributed by atoms with E-state index in [2.05, 4.69) is 5.32 Å². The van der Waals surface area contributed by atoms with Gasteiger partial charge in [0, 0.05) is 15.5 Å². The highest BCUT2D eigenvalue weighted by Gasteiger charge is 2.22. The topological polar surface area (TPSA) is 69.1 Å². The Labute approximate surface area is 207 Å². The molecule has 1 heterocycles. The van der Waals surface area contributed by atoms with E-state index in [1.165, 1.54) is 11.3 Å². The normalized spacial score (nSPS) is 11.6. The maximum Gasteiger partial charge on any atom is 0.350 e. The number of anilines is 1. The van der Waals surface area contributed by atoms with Crippen molar-refractivity contribution >= 4 is 52.1 Å². The van der Waals surface area contributed by atoms with Gasteiger partial charge in [-0.15, -0.1) is 11.3 Å². The molecule has 0 spiro atoms. The number of carbonyl (C=O) groups excluding carboxylic acids is 2. The van der Waals surface area contributed by atoms with Gasteiger partial charge in [-0.1, -0.05) is 47.5 Å². The second kappa shape index (κ2) is 12.0. The van der Waals surface area contributed by atoms with Crippen LogP contribution in [0.2, 0.25) is 10.0 Å². The van der Waals surface area contributed by atoms with Gasteiger partial charge in [-0.2, -0.15) is 0 Å². The highest BCUT2D eigenvalue weighted by Crippen LogP contribution is 2.39. The first-order valence-electron chi connectivity index (χ1n) is 10.4. The highest BCUT2D eigenvalue weighted by molar-refractivity contribution is 7.18. The summed E-state index contributed by atoms with van der Waals surface area (Å²) in [5, 5.41) is 3.82. The van der Waals surface area contributed by atoms with Crippen molar-refractivity contribution in [3.63, 3.8) is 0 Å². The maximum absolute atomic E-state index is 12.7. The maximum atomic E-state index is 12.7. The van der Waals surface area contributed by atoms with E-state index >= 15 is 0 Å². The SMILES string of the molecule is CCOC(=O)c1sc(-c2ccc(Cl)cc2Cl)cc1NC(=O)C[NH+](C)CCOc1ccccc1. The van der Waals surface area contributed by atoms with E-state index in [0.29, 0.717) is 33.8 Å². The lowest BCUT2D eigenvalue weighted by molar-refractivity contribution is -0.871. The molecule has 1 aromatic heterocycles. The van der Waals surface area contributed by atoms with Crippen LogP contribution in [0.25, 0.3) is 10.4 Å². The van der Waals surface area contributed by atoms with E-state index in [4.69, 9.17) is 32.7 Å². The molecule has 0 saturated carbocycles. The van der Waals surface area contributed by atoms with Gasteiger partial charge in [-0.3, -0.25) is 4.79 Å². The molecule has 0 aliphatic rings. The van der Waals surface area contributed by atoms with Crippen LogP contribution in [-0.2, 0) is 9.53 Å². The number of quaternary nitrogens is 1. The Morgan fingerprint density at radius 3 is 2.55 bits per heavy atom. The fourth-order valence-electron chi connectivity index (χ4n) is 3.07. The van der Waals surface area contributed by atoms with Crippen LogP contribution in [-0.4, -0.2) is 45.2 Å². The van der Waals surface area contributed by atoms with Gasteiger partial charge < -0.3 is 19.7 Å². The molecule has 2 N–H and O–H groups in total. The van der Waals surface area contributed by atoms with Crippen LogP contribution < -0.4 is 15.0 Å². The number of nitrogens with one attached hydrogen (secondary N) is 2. The van der Waals surface area contributed by atoms with E-state index in [9.17, 15) is 9.59 Å². The first-order chi connectivity index (χ1) is 15.9. The lowest BCUT2D eigenvalue weighted by Crippen LogP contribution is -3.10. The Bertz CT molecular complexity index is 1110. The molecule has 0 bridgehead atoms. The third-order valence-corrected chi connectivity index (χ3v) is 6.36. The minimum Gasteiger partial charge on any atom is -0.488 e. The van der Waals surface area contributed by atoms with Crippen molar-refractivity contribution in [2.75, 3.05) is 38.7 Å². The molecule has 3 rings (SSSR count). The number of hydrogen-bond acceptors (Lipinski definition) is 5. The Hall–Kier alpha value is -2.58. The summed E-state index contributed by atoms with van der Waals surface area (Å²) in [6.45, 7) is 3.30. The van der Waals surface area contributed by atoms with Gasteiger partial charge in [0.15, 0.2) is 6.54 Å². The molecule has 33 heavy (non-hydrogen) atoms. The largest absolute Gasteiger partial charge is 0.488 e. The lowest BCUT2D eigenvalue weighted by Gasteiger charge is -2.14. The molecule has 174 valence electrons. The summed E-state index contributed by atoms with van der Waals surface area (Å²) in [6, 6.07) is 16.4. The number of rotatable bonds is 10. The van der Waals surface area contributed by atoms with E-state index in [1.54, 1.807) is 31.2 Å². The van der Waals surface area contributed by atoms with Gasteiger partial charge in [-0.05, 0) is 37.3 Å². The van der Waals surface area contributed by atoms with Crippen molar-refractivity contribution in [2.45, 2.75) is 6.92 Å². The van der Waals surface area contributed by atoms with Crippen molar-refractivity contribution in [1.82, 2.24) is 0 Å². The molecular formula is C24H25Cl2N2O4S+. The second-order valence-electron chi connectivity index (χ2n) is 7.29. The molecule has 9 heteroatoms. The van der Waals surface area contributed by atoms with E-state index < -0.39 is 5.97 Å². The Morgan fingerprint density at radius 1 is 1.09 bits per heavy atom. The first kappa shape index (κ1) is 25.1.